The first-order valence-electron chi connectivity index (χ1n) is 7.77. The van der Waals surface area contributed by atoms with Crippen molar-refractivity contribution in [1.82, 2.24) is 10.2 Å². The third kappa shape index (κ3) is 4.99. The molecule has 1 atom stereocenters. The molecule has 1 N–H and O–H groups in total. The van der Waals surface area contributed by atoms with E-state index < -0.39 is 0 Å². The molecule has 0 radical (unpaired) electrons. The molecule has 1 aromatic rings. The van der Waals surface area contributed by atoms with E-state index in [2.05, 4.69) is 29.4 Å². The zero-order chi connectivity index (χ0) is 15.1. The van der Waals surface area contributed by atoms with Crippen LogP contribution in [0.2, 0.25) is 0 Å². The Morgan fingerprint density at radius 1 is 1.33 bits per heavy atom. The van der Waals surface area contributed by atoms with E-state index >= 15 is 0 Å². The van der Waals surface area contributed by atoms with Crippen LogP contribution in [0.25, 0.3) is 0 Å². The monoisotopic (exact) mass is 292 g/mol. The summed E-state index contributed by atoms with van der Waals surface area (Å²) in [5.41, 5.74) is 2.43. The fourth-order valence-corrected chi connectivity index (χ4v) is 3.10. The van der Waals surface area contributed by atoms with E-state index in [1.165, 1.54) is 24.9 Å². The largest absolute Gasteiger partial charge is 0.496 e. The van der Waals surface area contributed by atoms with Crippen molar-refractivity contribution < 1.29 is 9.47 Å². The van der Waals surface area contributed by atoms with Gasteiger partial charge >= 0.3 is 0 Å². The summed E-state index contributed by atoms with van der Waals surface area (Å²) in [5, 5.41) is 3.49. The SMILES string of the molecule is COCc1cc(CN(C)CC2CCCNC2)ccc1OC. The summed E-state index contributed by atoms with van der Waals surface area (Å²) in [4.78, 5) is 2.41. The average Bonchev–Trinajstić information content (AvgIpc) is 2.49. The van der Waals surface area contributed by atoms with Crippen LogP contribution in [0.3, 0.4) is 0 Å². The minimum absolute atomic E-state index is 0.591. The minimum atomic E-state index is 0.591. The number of hydrogen-bond donors (Lipinski definition) is 1. The second-order valence-corrected chi connectivity index (χ2v) is 5.99. The van der Waals surface area contributed by atoms with Crippen molar-refractivity contribution in [2.45, 2.75) is 26.0 Å². The fraction of sp³-hybridized carbons (Fsp3) is 0.647. The van der Waals surface area contributed by atoms with Crippen LogP contribution in [0.4, 0.5) is 0 Å². The second-order valence-electron chi connectivity index (χ2n) is 5.99. The molecule has 0 aliphatic carbocycles. The van der Waals surface area contributed by atoms with Crippen molar-refractivity contribution in [1.29, 1.82) is 0 Å². The highest BCUT2D eigenvalue weighted by molar-refractivity contribution is 5.36. The Balaban J connectivity index is 1.93. The van der Waals surface area contributed by atoms with Gasteiger partial charge in [0.2, 0.25) is 0 Å². The molecule has 1 heterocycles. The lowest BCUT2D eigenvalue weighted by molar-refractivity contribution is 0.181. The molecule has 21 heavy (non-hydrogen) atoms. The number of rotatable bonds is 7. The van der Waals surface area contributed by atoms with Crippen LogP contribution in [0, 0.1) is 5.92 Å². The predicted molar refractivity (Wildman–Crippen MR) is 85.6 cm³/mol. The Labute approximate surface area is 128 Å². The van der Waals surface area contributed by atoms with E-state index in [-0.39, 0.29) is 0 Å². The summed E-state index contributed by atoms with van der Waals surface area (Å²) in [7, 11) is 5.62. The van der Waals surface area contributed by atoms with Gasteiger partial charge in [0.25, 0.3) is 0 Å². The fourth-order valence-electron chi connectivity index (χ4n) is 3.10. The molecular formula is C17H28N2O2. The standard InChI is InChI=1S/C17H28N2O2/c1-19(12-15-5-4-8-18-10-15)11-14-6-7-17(21-3)16(9-14)13-20-2/h6-7,9,15,18H,4-5,8,10-13H2,1-3H3. The van der Waals surface area contributed by atoms with Gasteiger partial charge in [0.05, 0.1) is 13.7 Å². The van der Waals surface area contributed by atoms with Gasteiger partial charge in [-0.1, -0.05) is 6.07 Å². The lowest BCUT2D eigenvalue weighted by atomic mass is 9.99. The molecule has 1 unspecified atom stereocenters. The Morgan fingerprint density at radius 3 is 2.86 bits per heavy atom. The number of hydrogen-bond acceptors (Lipinski definition) is 4. The van der Waals surface area contributed by atoms with Gasteiger partial charge in [0, 0.05) is 25.8 Å². The van der Waals surface area contributed by atoms with Crippen LogP contribution in [0.5, 0.6) is 5.75 Å². The Kier molecular flexibility index (Phi) is 6.49. The molecule has 2 rings (SSSR count). The minimum Gasteiger partial charge on any atom is -0.496 e. The quantitative estimate of drug-likeness (QED) is 0.836. The van der Waals surface area contributed by atoms with E-state index in [1.54, 1.807) is 14.2 Å². The van der Waals surface area contributed by atoms with Crippen LogP contribution in [0.1, 0.15) is 24.0 Å². The van der Waals surface area contributed by atoms with Crippen molar-refractivity contribution in [3.05, 3.63) is 29.3 Å². The van der Waals surface area contributed by atoms with Crippen molar-refractivity contribution >= 4 is 0 Å². The molecule has 4 nitrogen and oxygen atoms in total. The summed E-state index contributed by atoms with van der Waals surface area (Å²) in [6.07, 6.45) is 2.65. The molecule has 0 bridgehead atoms. The van der Waals surface area contributed by atoms with E-state index in [1.807, 2.05) is 6.07 Å². The van der Waals surface area contributed by atoms with Gasteiger partial charge in [-0.2, -0.15) is 0 Å². The van der Waals surface area contributed by atoms with Crippen LogP contribution < -0.4 is 10.1 Å². The van der Waals surface area contributed by atoms with E-state index in [9.17, 15) is 0 Å². The Morgan fingerprint density at radius 2 is 2.19 bits per heavy atom. The number of piperidine rings is 1. The van der Waals surface area contributed by atoms with Gasteiger partial charge in [0.1, 0.15) is 5.75 Å². The van der Waals surface area contributed by atoms with Crippen molar-refractivity contribution in [2.24, 2.45) is 5.92 Å². The van der Waals surface area contributed by atoms with Gasteiger partial charge in [0.15, 0.2) is 0 Å². The van der Waals surface area contributed by atoms with Gasteiger partial charge in [-0.3, -0.25) is 0 Å². The molecule has 4 heteroatoms. The normalized spacial score (nSPS) is 19.0. The molecule has 0 saturated carbocycles. The highest BCUT2D eigenvalue weighted by Crippen LogP contribution is 2.22. The number of methoxy groups -OCH3 is 2. The molecule has 1 aromatic carbocycles. The molecule has 1 aliphatic rings. The topological polar surface area (TPSA) is 33.7 Å². The lowest BCUT2D eigenvalue weighted by Crippen LogP contribution is -2.36. The van der Waals surface area contributed by atoms with Crippen molar-refractivity contribution in [2.75, 3.05) is 40.9 Å². The van der Waals surface area contributed by atoms with Crippen molar-refractivity contribution in [3.8, 4) is 5.75 Å². The lowest BCUT2D eigenvalue weighted by Gasteiger charge is -2.27. The number of nitrogens with zero attached hydrogens (tertiary/aromatic N) is 1. The van der Waals surface area contributed by atoms with Gasteiger partial charge < -0.3 is 19.7 Å². The maximum Gasteiger partial charge on any atom is 0.124 e. The van der Waals surface area contributed by atoms with Gasteiger partial charge in [-0.15, -0.1) is 0 Å². The summed E-state index contributed by atoms with van der Waals surface area (Å²) in [6.45, 7) is 5.05. The molecule has 1 aliphatic heterocycles. The number of benzene rings is 1. The first kappa shape index (κ1) is 16.3. The summed E-state index contributed by atoms with van der Waals surface area (Å²) in [6, 6.07) is 6.38. The summed E-state index contributed by atoms with van der Waals surface area (Å²) < 4.78 is 10.6. The molecule has 118 valence electrons. The molecule has 0 amide bonds. The number of nitrogens with one attached hydrogen (secondary N) is 1. The van der Waals surface area contributed by atoms with Gasteiger partial charge in [-0.05, 0) is 56.6 Å². The first-order chi connectivity index (χ1) is 10.2. The highest BCUT2D eigenvalue weighted by Gasteiger charge is 2.15. The van der Waals surface area contributed by atoms with E-state index in [4.69, 9.17) is 9.47 Å². The molecule has 1 fully saturated rings. The second kappa shape index (κ2) is 8.37. The van der Waals surface area contributed by atoms with Crippen molar-refractivity contribution in [3.63, 3.8) is 0 Å². The van der Waals surface area contributed by atoms with Crippen LogP contribution in [-0.2, 0) is 17.9 Å². The predicted octanol–water partition coefficient (Wildman–Crippen LogP) is 2.27. The Hall–Kier alpha value is -1.10. The maximum atomic E-state index is 5.38. The van der Waals surface area contributed by atoms with Crippen LogP contribution >= 0.6 is 0 Å². The summed E-state index contributed by atoms with van der Waals surface area (Å²) in [5.74, 6) is 1.68. The summed E-state index contributed by atoms with van der Waals surface area (Å²) >= 11 is 0. The van der Waals surface area contributed by atoms with Crippen LogP contribution in [-0.4, -0.2) is 45.8 Å². The van der Waals surface area contributed by atoms with Gasteiger partial charge in [-0.25, -0.2) is 0 Å². The van der Waals surface area contributed by atoms with E-state index in [0.29, 0.717) is 6.61 Å². The third-order valence-electron chi connectivity index (χ3n) is 4.07. The third-order valence-corrected chi connectivity index (χ3v) is 4.07. The highest BCUT2D eigenvalue weighted by atomic mass is 16.5. The zero-order valence-electron chi connectivity index (χ0n) is 13.5. The molecular weight excluding hydrogens is 264 g/mol. The number of ether oxygens (including phenoxy) is 2. The Bertz CT molecular complexity index is 431. The van der Waals surface area contributed by atoms with E-state index in [0.717, 1.165) is 36.9 Å². The average molecular weight is 292 g/mol. The first-order valence-corrected chi connectivity index (χ1v) is 7.77. The molecule has 0 aromatic heterocycles. The smallest absolute Gasteiger partial charge is 0.124 e. The zero-order valence-corrected chi connectivity index (χ0v) is 13.5. The molecule has 0 spiro atoms. The van der Waals surface area contributed by atoms with Crippen LogP contribution in [0.15, 0.2) is 18.2 Å². The molecule has 1 saturated heterocycles. The maximum absolute atomic E-state index is 5.38.